The van der Waals surface area contributed by atoms with E-state index >= 15 is 0 Å². The maximum absolute atomic E-state index is 11.2. The molecule has 1 aliphatic rings. The minimum atomic E-state index is -1.30. The van der Waals surface area contributed by atoms with Crippen molar-refractivity contribution >= 4 is 17.3 Å². The molecule has 0 bridgehead atoms. The van der Waals surface area contributed by atoms with Crippen LogP contribution in [0.5, 0.6) is 0 Å². The van der Waals surface area contributed by atoms with E-state index in [4.69, 9.17) is 9.84 Å². The van der Waals surface area contributed by atoms with Crippen molar-refractivity contribution < 1.29 is 19.6 Å². The van der Waals surface area contributed by atoms with Crippen molar-refractivity contribution in [3.8, 4) is 0 Å². The summed E-state index contributed by atoms with van der Waals surface area (Å²) in [7, 11) is 1.65. The van der Waals surface area contributed by atoms with Gasteiger partial charge in [0, 0.05) is 32.0 Å². The van der Waals surface area contributed by atoms with Crippen LogP contribution in [0.4, 0.5) is 11.4 Å². The maximum Gasteiger partial charge on any atom is 0.342 e. The number of carbonyl (C=O) groups is 1. The van der Waals surface area contributed by atoms with Gasteiger partial charge in [0.2, 0.25) is 0 Å². The minimum Gasteiger partial charge on any atom is -0.477 e. The summed E-state index contributed by atoms with van der Waals surface area (Å²) >= 11 is 0. The van der Waals surface area contributed by atoms with Gasteiger partial charge in [-0.05, 0) is 31.9 Å². The Bertz CT molecular complexity index is 574. The van der Waals surface area contributed by atoms with E-state index in [1.807, 2.05) is 11.8 Å². The van der Waals surface area contributed by atoms with E-state index in [9.17, 15) is 14.9 Å². The van der Waals surface area contributed by atoms with Crippen molar-refractivity contribution in [3.05, 3.63) is 33.9 Å². The van der Waals surface area contributed by atoms with Crippen molar-refractivity contribution in [2.24, 2.45) is 0 Å². The summed E-state index contributed by atoms with van der Waals surface area (Å²) in [5.74, 6) is -1.30. The predicted octanol–water partition coefficient (Wildman–Crippen LogP) is 2.30. The van der Waals surface area contributed by atoms with E-state index in [-0.39, 0.29) is 11.2 Å². The average molecular weight is 294 g/mol. The van der Waals surface area contributed by atoms with Gasteiger partial charge >= 0.3 is 5.97 Å². The fourth-order valence-corrected chi connectivity index (χ4v) is 2.64. The lowest BCUT2D eigenvalue weighted by atomic mass is 9.94. The Morgan fingerprint density at radius 2 is 2.24 bits per heavy atom. The first-order valence-corrected chi connectivity index (χ1v) is 6.68. The summed E-state index contributed by atoms with van der Waals surface area (Å²) in [4.78, 5) is 23.4. The van der Waals surface area contributed by atoms with Gasteiger partial charge in [0.05, 0.1) is 10.5 Å². The van der Waals surface area contributed by atoms with E-state index < -0.39 is 16.6 Å². The summed E-state index contributed by atoms with van der Waals surface area (Å²) in [6.45, 7) is 3.40. The van der Waals surface area contributed by atoms with Crippen molar-refractivity contribution in [1.82, 2.24) is 0 Å². The Hall–Kier alpha value is -2.15. The average Bonchev–Trinajstić information content (AvgIpc) is 2.46. The van der Waals surface area contributed by atoms with Gasteiger partial charge < -0.3 is 14.7 Å². The second kappa shape index (κ2) is 5.69. The van der Waals surface area contributed by atoms with Crippen LogP contribution < -0.4 is 4.90 Å². The molecule has 0 spiro atoms. The largest absolute Gasteiger partial charge is 0.477 e. The minimum absolute atomic E-state index is 0.288. The van der Waals surface area contributed by atoms with Crippen molar-refractivity contribution in [3.63, 3.8) is 0 Å². The molecular weight excluding hydrogens is 276 g/mol. The summed E-state index contributed by atoms with van der Waals surface area (Å²) in [5.41, 5.74) is -0.301. The summed E-state index contributed by atoms with van der Waals surface area (Å²) in [5, 5.41) is 20.0. The zero-order valence-corrected chi connectivity index (χ0v) is 12.0. The molecule has 1 aromatic carbocycles. The van der Waals surface area contributed by atoms with Gasteiger partial charge in [-0.2, -0.15) is 0 Å². The number of piperidine rings is 1. The molecule has 21 heavy (non-hydrogen) atoms. The van der Waals surface area contributed by atoms with Gasteiger partial charge in [0.15, 0.2) is 0 Å². The first-order chi connectivity index (χ1) is 9.86. The van der Waals surface area contributed by atoms with E-state index in [0.29, 0.717) is 12.2 Å². The van der Waals surface area contributed by atoms with Crippen LogP contribution in [0.3, 0.4) is 0 Å². The molecule has 0 radical (unpaired) electrons. The summed E-state index contributed by atoms with van der Waals surface area (Å²) in [6, 6.07) is 4.20. The first-order valence-electron chi connectivity index (χ1n) is 6.68. The molecule has 0 amide bonds. The van der Waals surface area contributed by atoms with E-state index in [1.54, 1.807) is 13.2 Å². The van der Waals surface area contributed by atoms with Gasteiger partial charge in [-0.1, -0.05) is 0 Å². The lowest BCUT2D eigenvalue weighted by molar-refractivity contribution is -0.385. The number of ether oxygens (including phenoxy) is 1. The second-order valence-corrected chi connectivity index (χ2v) is 5.44. The molecule has 7 nitrogen and oxygen atoms in total. The zero-order valence-electron chi connectivity index (χ0n) is 12.0. The number of hydrogen-bond acceptors (Lipinski definition) is 5. The molecule has 1 fully saturated rings. The standard InChI is InChI=1S/C14H18N2O5/c1-14(21-2)6-3-7-15(9-14)10-4-5-12(16(19)20)11(8-10)13(17)18/h4-5,8H,3,6-7,9H2,1-2H3,(H,17,18). The Kier molecular flexibility index (Phi) is 4.13. The number of rotatable bonds is 4. The first kappa shape index (κ1) is 15.2. The molecule has 2 rings (SSSR count). The quantitative estimate of drug-likeness (QED) is 0.676. The number of benzene rings is 1. The fourth-order valence-electron chi connectivity index (χ4n) is 2.64. The number of nitro groups is 1. The summed E-state index contributed by atoms with van der Waals surface area (Å²) in [6.07, 6.45) is 1.85. The molecule has 1 aromatic rings. The molecule has 0 saturated carbocycles. The molecule has 1 aliphatic heterocycles. The van der Waals surface area contributed by atoms with Crippen LogP contribution in [-0.2, 0) is 4.74 Å². The summed E-state index contributed by atoms with van der Waals surface area (Å²) < 4.78 is 5.50. The number of carboxylic acids is 1. The van der Waals surface area contributed by atoms with Gasteiger partial charge in [0.25, 0.3) is 5.69 Å². The van der Waals surface area contributed by atoms with E-state index in [0.717, 1.165) is 19.4 Å². The highest BCUT2D eigenvalue weighted by Crippen LogP contribution is 2.31. The van der Waals surface area contributed by atoms with Crippen LogP contribution in [0, 0.1) is 10.1 Å². The Morgan fingerprint density at radius 1 is 1.52 bits per heavy atom. The third kappa shape index (κ3) is 3.13. The highest BCUT2D eigenvalue weighted by atomic mass is 16.6. The van der Waals surface area contributed by atoms with Crippen LogP contribution in [-0.4, -0.2) is 41.8 Å². The molecule has 1 N–H and O–H groups in total. The van der Waals surface area contributed by atoms with Crippen molar-refractivity contribution in [1.29, 1.82) is 0 Å². The van der Waals surface area contributed by atoms with E-state index in [2.05, 4.69) is 0 Å². The number of nitro benzene ring substituents is 1. The normalized spacial score (nSPS) is 22.1. The van der Waals surface area contributed by atoms with Crippen molar-refractivity contribution in [2.45, 2.75) is 25.4 Å². The maximum atomic E-state index is 11.2. The third-order valence-corrected chi connectivity index (χ3v) is 3.92. The molecule has 0 aromatic heterocycles. The second-order valence-electron chi connectivity index (χ2n) is 5.44. The number of aromatic carboxylic acids is 1. The lowest BCUT2D eigenvalue weighted by Crippen LogP contribution is -2.47. The number of anilines is 1. The van der Waals surface area contributed by atoms with Crippen LogP contribution in [0.1, 0.15) is 30.1 Å². The van der Waals surface area contributed by atoms with Crippen LogP contribution in [0.15, 0.2) is 18.2 Å². The van der Waals surface area contributed by atoms with Crippen molar-refractivity contribution in [2.75, 3.05) is 25.1 Å². The molecular formula is C14H18N2O5. The van der Waals surface area contributed by atoms with E-state index in [1.165, 1.54) is 12.1 Å². The molecule has 114 valence electrons. The molecule has 7 heteroatoms. The Balaban J connectivity index is 2.34. The predicted molar refractivity (Wildman–Crippen MR) is 76.9 cm³/mol. The molecule has 1 heterocycles. The number of methoxy groups -OCH3 is 1. The monoisotopic (exact) mass is 294 g/mol. The molecule has 1 atom stereocenters. The number of nitrogens with zero attached hydrogens (tertiary/aromatic N) is 2. The molecule has 1 saturated heterocycles. The molecule has 1 unspecified atom stereocenters. The zero-order chi connectivity index (χ0) is 15.6. The number of carboxylic acid groups (broad SMARTS) is 1. The Morgan fingerprint density at radius 3 is 2.81 bits per heavy atom. The number of hydrogen-bond donors (Lipinski definition) is 1. The van der Waals surface area contributed by atoms with Gasteiger partial charge in [0.1, 0.15) is 5.56 Å². The topological polar surface area (TPSA) is 92.9 Å². The van der Waals surface area contributed by atoms with Gasteiger partial charge in [-0.25, -0.2) is 4.79 Å². The molecule has 0 aliphatic carbocycles. The van der Waals surface area contributed by atoms with Gasteiger partial charge in [-0.3, -0.25) is 10.1 Å². The highest BCUT2D eigenvalue weighted by Gasteiger charge is 2.31. The van der Waals surface area contributed by atoms with Crippen LogP contribution in [0.25, 0.3) is 0 Å². The lowest BCUT2D eigenvalue weighted by Gasteiger charge is -2.40. The SMILES string of the molecule is COC1(C)CCCN(c2ccc([N+](=O)[O-])c(C(=O)O)c2)C1. The third-order valence-electron chi connectivity index (χ3n) is 3.92. The highest BCUT2D eigenvalue weighted by molar-refractivity contribution is 5.93. The Labute approximate surface area is 122 Å². The van der Waals surface area contributed by atoms with Crippen LogP contribution in [0.2, 0.25) is 0 Å². The smallest absolute Gasteiger partial charge is 0.342 e. The fraction of sp³-hybridized carbons (Fsp3) is 0.500. The van der Waals surface area contributed by atoms with Crippen LogP contribution >= 0.6 is 0 Å². The van der Waals surface area contributed by atoms with Gasteiger partial charge in [-0.15, -0.1) is 0 Å².